The first-order valence-corrected chi connectivity index (χ1v) is 7.22. The summed E-state index contributed by atoms with van der Waals surface area (Å²) in [6.07, 6.45) is -1.04. The molecule has 7 heteroatoms. The maximum Gasteiger partial charge on any atom is 0.416 e. The van der Waals surface area contributed by atoms with Crippen molar-refractivity contribution in [3.05, 3.63) is 64.6 Å². The second kappa shape index (κ2) is 6.32. The Balaban J connectivity index is 1.98. The number of halogens is 3. The molecule has 0 spiro atoms. The summed E-state index contributed by atoms with van der Waals surface area (Å²) in [7, 11) is 1.47. The summed E-state index contributed by atoms with van der Waals surface area (Å²) in [5.41, 5.74) is 1.51. The van der Waals surface area contributed by atoms with E-state index < -0.39 is 11.7 Å². The van der Waals surface area contributed by atoms with Crippen LogP contribution in [0.2, 0.25) is 0 Å². The average Bonchev–Trinajstić information content (AvgIpc) is 3.01. The molecule has 0 aliphatic rings. The monoisotopic (exact) mass is 343 g/mol. The molecule has 1 N–H and O–H groups in total. The first-order valence-electron chi connectivity index (χ1n) is 7.22. The van der Waals surface area contributed by atoms with E-state index in [0.717, 1.165) is 12.1 Å². The van der Waals surface area contributed by atoms with E-state index >= 15 is 0 Å². The quantitative estimate of drug-likeness (QED) is 0.655. The Morgan fingerprint density at radius 3 is 2.44 bits per heavy atom. The van der Waals surface area contributed by atoms with Gasteiger partial charge < -0.3 is 4.74 Å². The zero-order chi connectivity index (χ0) is 18.0. The van der Waals surface area contributed by atoms with Crippen LogP contribution in [0.15, 0.2) is 36.4 Å². The largest absolute Gasteiger partial charge is 0.507 e. The first kappa shape index (κ1) is 16.6. The lowest BCUT2D eigenvalue weighted by Gasteiger charge is -2.06. The maximum atomic E-state index is 12.6. The van der Waals surface area contributed by atoms with E-state index in [9.17, 15) is 13.2 Å². The van der Waals surface area contributed by atoms with E-state index in [1.807, 2.05) is 0 Å². The number of nitrogens with one attached hydrogen (secondary N) is 1. The van der Waals surface area contributed by atoms with Crippen molar-refractivity contribution in [2.24, 2.45) is 0 Å². The summed E-state index contributed by atoms with van der Waals surface area (Å²) in [6, 6.07) is 8.19. The van der Waals surface area contributed by atoms with E-state index in [-0.39, 0.29) is 0 Å². The first-order chi connectivity index (χ1) is 11.9. The molecule has 1 aromatic heterocycles. The van der Waals surface area contributed by atoms with Crippen LogP contribution in [-0.4, -0.2) is 17.3 Å². The molecule has 4 nitrogen and oxygen atoms in total. The highest BCUT2D eigenvalue weighted by Crippen LogP contribution is 2.37. The molecule has 2 aromatic carbocycles. The predicted molar refractivity (Wildman–Crippen MR) is 89.3 cm³/mol. The molecule has 0 radical (unpaired) electrons. The van der Waals surface area contributed by atoms with E-state index in [1.165, 1.54) is 19.2 Å². The fourth-order valence-corrected chi connectivity index (χ4v) is 2.47. The van der Waals surface area contributed by atoms with Crippen molar-refractivity contribution < 1.29 is 17.9 Å². The molecule has 0 bridgehead atoms. The molecule has 126 valence electrons. The Labute approximate surface area is 141 Å². The Bertz CT molecular complexity index is 980. The number of benzene rings is 2. The van der Waals surface area contributed by atoms with Crippen LogP contribution < -0.4 is 4.74 Å². The van der Waals surface area contributed by atoms with Gasteiger partial charge in [-0.05, 0) is 29.8 Å². The highest BCUT2D eigenvalue weighted by Gasteiger charge is 2.29. The lowest BCUT2D eigenvalue weighted by molar-refractivity contribution is -0.137. The maximum absolute atomic E-state index is 12.6. The van der Waals surface area contributed by atoms with Crippen LogP contribution in [0.3, 0.4) is 0 Å². The van der Waals surface area contributed by atoms with Crippen LogP contribution in [0.25, 0.3) is 27.9 Å². The molecule has 3 rings (SSSR count). The zero-order valence-corrected chi connectivity index (χ0v) is 13.1. The number of fused-ring (bicyclic) bond motifs is 1. The standard InChI is InChI=1S/C18H12F3N3O/c1-22-15-10-9-14-16(17(15)25-2)13(23-24-14)8-5-11-3-6-12(7-4-11)18(19,20)21/h3-10H,2H3,(H,23,24). The Morgan fingerprint density at radius 2 is 1.84 bits per heavy atom. The smallest absolute Gasteiger partial charge is 0.416 e. The SMILES string of the molecule is [C-]#[N+]c1ccc2[nH]nc(C=Cc3ccc(C(F)(F)F)cc3)c2c1OC. The fraction of sp³-hybridized carbons (Fsp3) is 0.111. The van der Waals surface area contributed by atoms with Gasteiger partial charge in [-0.25, -0.2) is 4.85 Å². The van der Waals surface area contributed by atoms with E-state index in [4.69, 9.17) is 11.3 Å². The number of aromatic amines is 1. The number of ether oxygens (including phenoxy) is 1. The number of hydrogen-bond donors (Lipinski definition) is 1. The van der Waals surface area contributed by atoms with Gasteiger partial charge in [-0.2, -0.15) is 18.3 Å². The van der Waals surface area contributed by atoms with Gasteiger partial charge in [0.15, 0.2) is 0 Å². The third-order valence-corrected chi connectivity index (χ3v) is 3.69. The molecule has 0 amide bonds. The predicted octanol–water partition coefficient (Wildman–Crippen LogP) is 5.31. The molecule has 0 atom stereocenters. The van der Waals surface area contributed by atoms with Gasteiger partial charge in [0.05, 0.1) is 35.8 Å². The number of hydrogen-bond acceptors (Lipinski definition) is 2. The topological polar surface area (TPSA) is 42.3 Å². The van der Waals surface area contributed by atoms with Gasteiger partial charge >= 0.3 is 6.18 Å². The summed E-state index contributed by atoms with van der Waals surface area (Å²) in [5, 5.41) is 7.68. The minimum Gasteiger partial charge on any atom is -0.507 e. The molecular weight excluding hydrogens is 331 g/mol. The van der Waals surface area contributed by atoms with E-state index in [2.05, 4.69) is 15.0 Å². The minimum absolute atomic E-state index is 0.362. The second-order valence-corrected chi connectivity index (χ2v) is 5.21. The fourth-order valence-electron chi connectivity index (χ4n) is 2.47. The Morgan fingerprint density at radius 1 is 1.12 bits per heavy atom. The van der Waals surface area contributed by atoms with Crippen molar-refractivity contribution in [1.29, 1.82) is 0 Å². The normalized spacial score (nSPS) is 11.8. The summed E-state index contributed by atoms with van der Waals surface area (Å²) >= 11 is 0. The molecule has 0 fully saturated rings. The number of aromatic nitrogens is 2. The summed E-state index contributed by atoms with van der Waals surface area (Å²) in [4.78, 5) is 3.42. The molecule has 25 heavy (non-hydrogen) atoms. The van der Waals surface area contributed by atoms with Gasteiger partial charge in [0.1, 0.15) is 5.75 Å². The lowest BCUT2D eigenvalue weighted by atomic mass is 10.1. The number of H-pyrrole nitrogens is 1. The molecule has 0 saturated heterocycles. The zero-order valence-electron chi connectivity index (χ0n) is 13.1. The van der Waals surface area contributed by atoms with E-state index in [0.29, 0.717) is 33.6 Å². The number of methoxy groups -OCH3 is 1. The second-order valence-electron chi connectivity index (χ2n) is 5.21. The minimum atomic E-state index is -4.36. The van der Waals surface area contributed by atoms with Gasteiger partial charge in [0.25, 0.3) is 0 Å². The van der Waals surface area contributed by atoms with Crippen molar-refractivity contribution in [2.75, 3.05) is 7.11 Å². The van der Waals surface area contributed by atoms with Gasteiger partial charge in [-0.15, -0.1) is 0 Å². The van der Waals surface area contributed by atoms with Crippen LogP contribution in [-0.2, 0) is 6.18 Å². The summed E-state index contributed by atoms with van der Waals surface area (Å²) < 4.78 is 43.1. The van der Waals surface area contributed by atoms with Crippen LogP contribution >= 0.6 is 0 Å². The third-order valence-electron chi connectivity index (χ3n) is 3.69. The van der Waals surface area contributed by atoms with Gasteiger partial charge in [-0.1, -0.05) is 24.3 Å². The molecule has 0 aliphatic heterocycles. The number of nitrogens with zero attached hydrogens (tertiary/aromatic N) is 2. The summed E-state index contributed by atoms with van der Waals surface area (Å²) in [5.74, 6) is 0.410. The highest BCUT2D eigenvalue weighted by atomic mass is 19.4. The molecule has 0 aliphatic carbocycles. The Hall–Kier alpha value is -3.27. The van der Waals surface area contributed by atoms with Crippen LogP contribution in [0, 0.1) is 6.57 Å². The Kier molecular flexibility index (Phi) is 4.19. The van der Waals surface area contributed by atoms with Gasteiger partial charge in [0.2, 0.25) is 5.69 Å². The van der Waals surface area contributed by atoms with Crippen molar-refractivity contribution >= 4 is 28.7 Å². The van der Waals surface area contributed by atoms with E-state index in [1.54, 1.807) is 24.3 Å². The van der Waals surface area contributed by atoms with Crippen LogP contribution in [0.1, 0.15) is 16.8 Å². The lowest BCUT2D eigenvalue weighted by Crippen LogP contribution is -2.03. The molecule has 0 saturated carbocycles. The molecule has 3 aromatic rings. The van der Waals surface area contributed by atoms with Crippen molar-refractivity contribution in [3.8, 4) is 5.75 Å². The third kappa shape index (κ3) is 3.19. The van der Waals surface area contributed by atoms with Crippen molar-refractivity contribution in [1.82, 2.24) is 10.2 Å². The average molecular weight is 343 g/mol. The highest BCUT2D eigenvalue weighted by molar-refractivity contribution is 5.98. The van der Waals surface area contributed by atoms with Crippen LogP contribution in [0.4, 0.5) is 18.9 Å². The van der Waals surface area contributed by atoms with Crippen LogP contribution in [0.5, 0.6) is 5.75 Å². The molecule has 0 unspecified atom stereocenters. The van der Waals surface area contributed by atoms with Gasteiger partial charge in [-0.3, -0.25) is 5.10 Å². The number of alkyl halides is 3. The summed E-state index contributed by atoms with van der Waals surface area (Å²) in [6.45, 7) is 7.20. The van der Waals surface area contributed by atoms with Crippen molar-refractivity contribution in [3.63, 3.8) is 0 Å². The molecular formula is C18H12F3N3O. The number of rotatable bonds is 3. The van der Waals surface area contributed by atoms with Crippen molar-refractivity contribution in [2.45, 2.75) is 6.18 Å². The van der Waals surface area contributed by atoms with Gasteiger partial charge in [0, 0.05) is 0 Å². The molecule has 1 heterocycles.